The fourth-order valence-electron chi connectivity index (χ4n) is 1.38. The Balaban J connectivity index is 2.73. The maximum Gasteiger partial charge on any atom is 0.342 e. The van der Waals surface area contributed by atoms with Crippen molar-refractivity contribution in [3.05, 3.63) is 28.2 Å². The number of nitrogens with one attached hydrogen (secondary N) is 1. The van der Waals surface area contributed by atoms with Crippen molar-refractivity contribution in [1.82, 2.24) is 0 Å². The van der Waals surface area contributed by atoms with Crippen molar-refractivity contribution in [3.63, 3.8) is 0 Å². The Bertz CT molecular complexity index is 607. The summed E-state index contributed by atoms with van der Waals surface area (Å²) in [6.07, 6.45) is 0. The number of ether oxygens (including phenoxy) is 1. The van der Waals surface area contributed by atoms with E-state index in [2.05, 4.69) is 15.9 Å². The van der Waals surface area contributed by atoms with Crippen LogP contribution in [0.5, 0.6) is 5.75 Å². The van der Waals surface area contributed by atoms with E-state index in [1.807, 2.05) is 0 Å². The van der Waals surface area contributed by atoms with Gasteiger partial charge in [0.15, 0.2) is 12.4 Å². The summed E-state index contributed by atoms with van der Waals surface area (Å²) in [6.45, 7) is 0.701. The number of carbonyl (C=O) groups is 2. The average molecular weight is 339 g/mol. The van der Waals surface area contributed by atoms with Gasteiger partial charge in [-0.2, -0.15) is 5.26 Å². The standard InChI is InChI=1S/C13H11BrN2O4/c1-7(16)10(5-15)12(18)6-20-13(19)9-4-8(14)2-3-11(9)17/h2-4,10,16-17H,6H2,1H3. The molecule has 0 saturated carbocycles. The van der Waals surface area contributed by atoms with Crippen LogP contribution in [0.15, 0.2) is 22.7 Å². The smallest absolute Gasteiger partial charge is 0.342 e. The van der Waals surface area contributed by atoms with Gasteiger partial charge >= 0.3 is 5.97 Å². The lowest BCUT2D eigenvalue weighted by Gasteiger charge is -2.08. The fourth-order valence-corrected chi connectivity index (χ4v) is 1.74. The van der Waals surface area contributed by atoms with Gasteiger partial charge in [-0.05, 0) is 25.1 Å². The molecule has 1 aromatic carbocycles. The first-order valence-corrected chi connectivity index (χ1v) is 6.29. The number of aromatic hydroxyl groups is 1. The molecule has 0 spiro atoms. The molecular formula is C13H11BrN2O4. The molecule has 2 N–H and O–H groups in total. The number of benzene rings is 1. The van der Waals surface area contributed by atoms with Crippen molar-refractivity contribution in [2.45, 2.75) is 6.92 Å². The van der Waals surface area contributed by atoms with Crippen LogP contribution >= 0.6 is 15.9 Å². The topological polar surface area (TPSA) is 111 Å². The van der Waals surface area contributed by atoms with Crippen LogP contribution in [0, 0.1) is 22.7 Å². The Kier molecular flexibility index (Phi) is 5.41. The lowest BCUT2D eigenvalue weighted by Crippen LogP contribution is -2.25. The molecule has 0 bridgehead atoms. The van der Waals surface area contributed by atoms with E-state index in [-0.39, 0.29) is 17.0 Å². The van der Waals surface area contributed by atoms with Crippen LogP contribution in [0.25, 0.3) is 0 Å². The fraction of sp³-hybridized carbons (Fsp3) is 0.231. The second kappa shape index (κ2) is 6.82. The van der Waals surface area contributed by atoms with Gasteiger partial charge < -0.3 is 15.3 Å². The van der Waals surface area contributed by atoms with Crippen molar-refractivity contribution >= 4 is 33.4 Å². The number of ketones is 1. The maximum atomic E-state index is 11.7. The van der Waals surface area contributed by atoms with Crippen LogP contribution in [0.3, 0.4) is 0 Å². The molecule has 0 aliphatic rings. The zero-order valence-electron chi connectivity index (χ0n) is 10.5. The van der Waals surface area contributed by atoms with E-state index in [4.69, 9.17) is 15.4 Å². The summed E-state index contributed by atoms with van der Waals surface area (Å²) in [5.74, 6) is -3.05. The normalized spacial score (nSPS) is 11.2. The van der Waals surface area contributed by atoms with E-state index < -0.39 is 24.3 Å². The van der Waals surface area contributed by atoms with Crippen LogP contribution in [0.4, 0.5) is 0 Å². The number of halogens is 1. The van der Waals surface area contributed by atoms with Crippen molar-refractivity contribution in [2.75, 3.05) is 6.61 Å². The molecule has 0 aliphatic carbocycles. The number of hydrogen-bond donors (Lipinski definition) is 2. The molecule has 7 heteroatoms. The van der Waals surface area contributed by atoms with E-state index in [0.717, 1.165) is 0 Å². The van der Waals surface area contributed by atoms with Gasteiger partial charge in [0.05, 0.1) is 6.07 Å². The van der Waals surface area contributed by atoms with Crippen molar-refractivity contribution < 1.29 is 19.4 Å². The first-order valence-electron chi connectivity index (χ1n) is 5.49. The second-order valence-corrected chi connectivity index (χ2v) is 4.86. The van der Waals surface area contributed by atoms with E-state index in [1.165, 1.54) is 19.1 Å². The van der Waals surface area contributed by atoms with Gasteiger partial charge in [-0.3, -0.25) is 4.79 Å². The minimum Gasteiger partial charge on any atom is -0.507 e. The minimum absolute atomic E-state index is 0.0905. The Morgan fingerprint density at radius 3 is 2.75 bits per heavy atom. The number of carbonyl (C=O) groups excluding carboxylic acids is 2. The van der Waals surface area contributed by atoms with Crippen LogP contribution in [-0.2, 0) is 9.53 Å². The number of phenolic OH excluding ortho intramolecular Hbond substituents is 1. The SMILES string of the molecule is CC(=N)C(C#N)C(=O)COC(=O)c1cc(Br)ccc1O. The summed E-state index contributed by atoms with van der Waals surface area (Å²) in [6, 6.07) is 5.87. The third-order valence-electron chi connectivity index (χ3n) is 2.41. The molecule has 1 aromatic rings. The van der Waals surface area contributed by atoms with Crippen molar-refractivity contribution in [1.29, 1.82) is 10.7 Å². The molecule has 0 amide bonds. The molecule has 1 rings (SSSR count). The van der Waals surface area contributed by atoms with Crippen LogP contribution < -0.4 is 0 Å². The third-order valence-corrected chi connectivity index (χ3v) is 2.90. The van der Waals surface area contributed by atoms with Crippen molar-refractivity contribution in [3.8, 4) is 11.8 Å². The zero-order valence-corrected chi connectivity index (χ0v) is 12.1. The monoisotopic (exact) mass is 338 g/mol. The molecule has 0 aromatic heterocycles. The zero-order chi connectivity index (χ0) is 15.3. The van der Waals surface area contributed by atoms with Crippen LogP contribution in [-0.4, -0.2) is 29.2 Å². The number of esters is 1. The largest absolute Gasteiger partial charge is 0.507 e. The molecule has 1 unspecified atom stereocenters. The highest BCUT2D eigenvalue weighted by Crippen LogP contribution is 2.22. The third kappa shape index (κ3) is 3.90. The van der Waals surface area contributed by atoms with Gasteiger partial charge in [0.25, 0.3) is 0 Å². The van der Waals surface area contributed by atoms with Crippen LogP contribution in [0.1, 0.15) is 17.3 Å². The summed E-state index contributed by atoms with van der Waals surface area (Å²) in [4.78, 5) is 23.3. The number of hydrogen-bond acceptors (Lipinski definition) is 6. The molecular weight excluding hydrogens is 328 g/mol. The van der Waals surface area contributed by atoms with Gasteiger partial charge in [-0.15, -0.1) is 0 Å². The van der Waals surface area contributed by atoms with E-state index in [1.54, 1.807) is 12.1 Å². The summed E-state index contributed by atoms with van der Waals surface area (Å²) in [5.41, 5.74) is -0.203. The summed E-state index contributed by atoms with van der Waals surface area (Å²) < 4.78 is 5.31. The molecule has 0 saturated heterocycles. The van der Waals surface area contributed by atoms with Gasteiger partial charge in [-0.25, -0.2) is 4.79 Å². The molecule has 1 atom stereocenters. The maximum absolute atomic E-state index is 11.7. The molecule has 0 radical (unpaired) electrons. The van der Waals surface area contributed by atoms with Gasteiger partial charge in [-0.1, -0.05) is 15.9 Å². The highest BCUT2D eigenvalue weighted by atomic mass is 79.9. The molecule has 104 valence electrons. The molecule has 20 heavy (non-hydrogen) atoms. The van der Waals surface area contributed by atoms with Gasteiger partial charge in [0.1, 0.15) is 17.2 Å². The minimum atomic E-state index is -1.22. The summed E-state index contributed by atoms with van der Waals surface area (Å²) in [7, 11) is 0. The highest BCUT2D eigenvalue weighted by molar-refractivity contribution is 9.10. The second-order valence-electron chi connectivity index (χ2n) is 3.95. The molecule has 0 aliphatic heterocycles. The quantitative estimate of drug-likeness (QED) is 0.630. The Morgan fingerprint density at radius 2 is 2.20 bits per heavy atom. The number of nitrogens with zero attached hydrogens (tertiary/aromatic N) is 1. The first kappa shape index (κ1) is 15.9. The molecule has 0 fully saturated rings. The lowest BCUT2D eigenvalue weighted by molar-refractivity contribution is -0.122. The van der Waals surface area contributed by atoms with E-state index in [9.17, 15) is 14.7 Å². The predicted octanol–water partition coefficient (Wildman–Crippen LogP) is 2.06. The molecule has 6 nitrogen and oxygen atoms in total. The number of nitriles is 1. The van der Waals surface area contributed by atoms with E-state index in [0.29, 0.717) is 4.47 Å². The van der Waals surface area contributed by atoms with Crippen LogP contribution in [0.2, 0.25) is 0 Å². The Labute approximate surface area is 123 Å². The van der Waals surface area contributed by atoms with Gasteiger partial charge in [0, 0.05) is 10.2 Å². The number of rotatable bonds is 5. The summed E-state index contributed by atoms with van der Waals surface area (Å²) >= 11 is 3.14. The lowest BCUT2D eigenvalue weighted by atomic mass is 10.0. The van der Waals surface area contributed by atoms with E-state index >= 15 is 0 Å². The Morgan fingerprint density at radius 1 is 1.55 bits per heavy atom. The summed E-state index contributed by atoms with van der Waals surface area (Å²) in [5, 5.41) is 25.5. The Hall–Kier alpha value is -2.20. The molecule has 0 heterocycles. The van der Waals surface area contributed by atoms with Crippen molar-refractivity contribution in [2.24, 2.45) is 5.92 Å². The first-order chi connectivity index (χ1) is 9.36. The highest BCUT2D eigenvalue weighted by Gasteiger charge is 2.22. The average Bonchev–Trinajstić information content (AvgIpc) is 2.39. The number of Topliss-reactive ketones (excluding diaryl/α,β-unsaturated/α-hetero) is 1. The van der Waals surface area contributed by atoms with Gasteiger partial charge in [0.2, 0.25) is 0 Å². The number of phenols is 1. The predicted molar refractivity (Wildman–Crippen MR) is 73.6 cm³/mol.